The summed E-state index contributed by atoms with van der Waals surface area (Å²) in [5.74, 6) is -1.01. The molecular formula is C22H27FN2O2. The van der Waals surface area contributed by atoms with E-state index in [2.05, 4.69) is 11.9 Å². The van der Waals surface area contributed by atoms with Crippen LogP contribution in [0.25, 0.3) is 0 Å². The number of aromatic hydroxyl groups is 1. The van der Waals surface area contributed by atoms with Gasteiger partial charge in [-0.2, -0.15) is 0 Å². The SMILES string of the molecule is C/C(=N\c1ccccc1C)C(OC1CCN(C)CC1)c1cccc(F)c1O. The Hall–Kier alpha value is -2.24. The molecule has 144 valence electrons. The van der Waals surface area contributed by atoms with Crippen molar-refractivity contribution in [3.8, 4) is 5.75 Å². The number of hydrogen-bond donors (Lipinski definition) is 1. The fourth-order valence-corrected chi connectivity index (χ4v) is 3.39. The average Bonchev–Trinajstić information content (AvgIpc) is 2.65. The first-order valence-electron chi connectivity index (χ1n) is 9.38. The highest BCUT2D eigenvalue weighted by Crippen LogP contribution is 2.34. The van der Waals surface area contributed by atoms with Gasteiger partial charge in [0.05, 0.1) is 11.8 Å². The second kappa shape index (κ2) is 8.63. The van der Waals surface area contributed by atoms with Crippen molar-refractivity contribution in [3.63, 3.8) is 0 Å². The van der Waals surface area contributed by atoms with Crippen molar-refractivity contribution in [3.05, 3.63) is 59.4 Å². The van der Waals surface area contributed by atoms with E-state index in [1.54, 1.807) is 12.1 Å². The maximum Gasteiger partial charge on any atom is 0.165 e. The highest BCUT2D eigenvalue weighted by atomic mass is 19.1. The summed E-state index contributed by atoms with van der Waals surface area (Å²) >= 11 is 0. The van der Waals surface area contributed by atoms with E-state index in [4.69, 9.17) is 9.73 Å². The molecule has 1 saturated heterocycles. The van der Waals surface area contributed by atoms with Gasteiger partial charge in [0.25, 0.3) is 0 Å². The number of aryl methyl sites for hydroxylation is 1. The summed E-state index contributed by atoms with van der Waals surface area (Å²) in [4.78, 5) is 7.00. The normalized spacial score (nSPS) is 17.9. The third-order valence-electron chi connectivity index (χ3n) is 5.09. The molecule has 0 amide bonds. The van der Waals surface area contributed by atoms with Gasteiger partial charge in [0, 0.05) is 24.4 Å². The monoisotopic (exact) mass is 370 g/mol. The van der Waals surface area contributed by atoms with Crippen LogP contribution in [0.15, 0.2) is 47.5 Å². The van der Waals surface area contributed by atoms with Crippen LogP contribution < -0.4 is 0 Å². The van der Waals surface area contributed by atoms with Crippen LogP contribution in [-0.2, 0) is 4.74 Å². The molecule has 2 aromatic rings. The zero-order chi connectivity index (χ0) is 19.4. The number of likely N-dealkylation sites (tertiary alicyclic amines) is 1. The molecule has 27 heavy (non-hydrogen) atoms. The molecule has 0 spiro atoms. The van der Waals surface area contributed by atoms with Crippen LogP contribution in [0.3, 0.4) is 0 Å². The van der Waals surface area contributed by atoms with Crippen molar-refractivity contribution < 1.29 is 14.2 Å². The Labute approximate surface area is 160 Å². The zero-order valence-corrected chi connectivity index (χ0v) is 16.2. The van der Waals surface area contributed by atoms with E-state index in [1.165, 1.54) is 6.07 Å². The van der Waals surface area contributed by atoms with Gasteiger partial charge in [-0.3, -0.25) is 4.99 Å². The number of aliphatic imine (C=N–C) groups is 1. The molecule has 0 aromatic heterocycles. The van der Waals surface area contributed by atoms with Gasteiger partial charge >= 0.3 is 0 Å². The standard InChI is InChI=1S/C22H27FN2O2/c1-15-7-4-5-10-20(15)24-16(2)22(18-8-6-9-19(23)21(18)26)27-17-11-13-25(3)14-12-17/h4-10,17,22,26H,11-14H2,1-3H3/b24-16+. The van der Waals surface area contributed by atoms with Gasteiger partial charge in [0.15, 0.2) is 11.6 Å². The zero-order valence-electron chi connectivity index (χ0n) is 16.2. The first-order valence-corrected chi connectivity index (χ1v) is 9.38. The molecule has 0 radical (unpaired) electrons. The summed E-state index contributed by atoms with van der Waals surface area (Å²) in [6.45, 7) is 5.79. The van der Waals surface area contributed by atoms with Crippen LogP contribution in [0.5, 0.6) is 5.75 Å². The molecule has 1 aliphatic rings. The number of rotatable bonds is 5. The number of para-hydroxylation sites is 2. The van der Waals surface area contributed by atoms with Gasteiger partial charge in [-0.1, -0.05) is 30.3 Å². The van der Waals surface area contributed by atoms with Crippen LogP contribution in [0, 0.1) is 12.7 Å². The molecule has 1 unspecified atom stereocenters. The number of ether oxygens (including phenoxy) is 1. The highest BCUT2D eigenvalue weighted by Gasteiger charge is 2.27. The molecule has 0 bridgehead atoms. The lowest BCUT2D eigenvalue weighted by molar-refractivity contribution is -0.0130. The lowest BCUT2D eigenvalue weighted by Crippen LogP contribution is -2.35. The number of benzene rings is 2. The van der Waals surface area contributed by atoms with E-state index in [-0.39, 0.29) is 11.9 Å². The molecule has 1 heterocycles. The average molecular weight is 370 g/mol. The van der Waals surface area contributed by atoms with E-state index in [0.29, 0.717) is 11.3 Å². The third kappa shape index (κ3) is 4.73. The summed E-state index contributed by atoms with van der Waals surface area (Å²) < 4.78 is 20.3. The largest absolute Gasteiger partial charge is 0.505 e. The Morgan fingerprint density at radius 2 is 1.89 bits per heavy atom. The first kappa shape index (κ1) is 19.5. The van der Waals surface area contributed by atoms with Crippen LogP contribution >= 0.6 is 0 Å². The molecule has 2 aromatic carbocycles. The van der Waals surface area contributed by atoms with Gasteiger partial charge in [-0.25, -0.2) is 4.39 Å². The first-order chi connectivity index (χ1) is 13.0. The molecule has 1 atom stereocenters. The van der Waals surface area contributed by atoms with Gasteiger partial charge < -0.3 is 14.7 Å². The lowest BCUT2D eigenvalue weighted by atomic mass is 10.0. The Kier molecular flexibility index (Phi) is 6.24. The van der Waals surface area contributed by atoms with Gasteiger partial charge in [0.1, 0.15) is 6.10 Å². The van der Waals surface area contributed by atoms with Crippen molar-refractivity contribution >= 4 is 11.4 Å². The van der Waals surface area contributed by atoms with E-state index in [1.807, 2.05) is 38.1 Å². The fraction of sp³-hybridized carbons (Fsp3) is 0.409. The van der Waals surface area contributed by atoms with Crippen molar-refractivity contribution in [2.45, 2.75) is 38.9 Å². The number of halogens is 1. The van der Waals surface area contributed by atoms with Crippen molar-refractivity contribution in [2.24, 2.45) is 4.99 Å². The van der Waals surface area contributed by atoms with E-state index in [9.17, 15) is 9.50 Å². The molecule has 0 saturated carbocycles. The van der Waals surface area contributed by atoms with Gasteiger partial charge in [-0.15, -0.1) is 0 Å². The van der Waals surface area contributed by atoms with Gasteiger partial charge in [-0.05, 0) is 51.4 Å². The second-order valence-electron chi connectivity index (χ2n) is 7.24. The van der Waals surface area contributed by atoms with Gasteiger partial charge in [0.2, 0.25) is 0 Å². The second-order valence-corrected chi connectivity index (χ2v) is 7.24. The number of phenolic OH excluding ortho intramolecular Hbond substituents is 1. The Balaban J connectivity index is 1.94. The minimum Gasteiger partial charge on any atom is -0.505 e. The van der Waals surface area contributed by atoms with Crippen molar-refractivity contribution in [1.29, 1.82) is 0 Å². The molecule has 3 rings (SSSR count). The summed E-state index contributed by atoms with van der Waals surface area (Å²) in [5, 5.41) is 10.3. The van der Waals surface area contributed by atoms with Crippen LogP contribution in [0.4, 0.5) is 10.1 Å². The molecule has 1 N–H and O–H groups in total. The fourth-order valence-electron chi connectivity index (χ4n) is 3.39. The quantitative estimate of drug-likeness (QED) is 0.770. The predicted molar refractivity (Wildman–Crippen MR) is 106 cm³/mol. The Morgan fingerprint density at radius 3 is 2.59 bits per heavy atom. The van der Waals surface area contributed by atoms with Crippen LogP contribution in [0.2, 0.25) is 0 Å². The maximum atomic E-state index is 14.0. The number of piperidine rings is 1. The summed E-state index contributed by atoms with van der Waals surface area (Å²) in [5.41, 5.74) is 3.02. The molecular weight excluding hydrogens is 343 g/mol. The number of phenols is 1. The van der Waals surface area contributed by atoms with Crippen LogP contribution in [0.1, 0.15) is 37.0 Å². The van der Waals surface area contributed by atoms with Crippen molar-refractivity contribution in [2.75, 3.05) is 20.1 Å². The minimum atomic E-state index is -0.645. The van der Waals surface area contributed by atoms with E-state index < -0.39 is 11.9 Å². The highest BCUT2D eigenvalue weighted by molar-refractivity contribution is 5.90. The topological polar surface area (TPSA) is 45.1 Å². The van der Waals surface area contributed by atoms with E-state index >= 15 is 0 Å². The minimum absolute atomic E-state index is 0.0517. The third-order valence-corrected chi connectivity index (χ3v) is 5.09. The number of nitrogens with zero attached hydrogens (tertiary/aromatic N) is 2. The van der Waals surface area contributed by atoms with Crippen LogP contribution in [-0.4, -0.2) is 42.0 Å². The summed E-state index contributed by atoms with van der Waals surface area (Å²) in [6.07, 6.45) is 1.27. The summed E-state index contributed by atoms with van der Waals surface area (Å²) in [6, 6.07) is 12.4. The predicted octanol–water partition coefficient (Wildman–Crippen LogP) is 4.78. The van der Waals surface area contributed by atoms with Crippen molar-refractivity contribution in [1.82, 2.24) is 4.90 Å². The maximum absolute atomic E-state index is 14.0. The molecule has 1 fully saturated rings. The molecule has 0 aliphatic carbocycles. The lowest BCUT2D eigenvalue weighted by Gasteiger charge is -2.32. The Bertz CT molecular complexity index is 814. The summed E-state index contributed by atoms with van der Waals surface area (Å²) in [7, 11) is 2.09. The molecule has 1 aliphatic heterocycles. The molecule has 5 heteroatoms. The van der Waals surface area contributed by atoms with E-state index in [0.717, 1.165) is 37.2 Å². The smallest absolute Gasteiger partial charge is 0.165 e. The number of hydrogen-bond acceptors (Lipinski definition) is 4. The Morgan fingerprint density at radius 1 is 1.19 bits per heavy atom. The molecule has 4 nitrogen and oxygen atoms in total.